The maximum Gasteiger partial charge on any atom is 0.237 e. The van der Waals surface area contributed by atoms with Crippen molar-refractivity contribution in [3.63, 3.8) is 0 Å². The number of nitrogens with one attached hydrogen (secondary N) is 1. The summed E-state index contributed by atoms with van der Waals surface area (Å²) >= 11 is 0. The average molecular weight is 375 g/mol. The van der Waals surface area contributed by atoms with Gasteiger partial charge in [0.1, 0.15) is 11.2 Å². The summed E-state index contributed by atoms with van der Waals surface area (Å²) in [5.74, 6) is 0.319. The Bertz CT molecular complexity index is 677. The van der Waals surface area contributed by atoms with E-state index >= 15 is 0 Å². The summed E-state index contributed by atoms with van der Waals surface area (Å²) < 4.78 is 5.13. The maximum atomic E-state index is 12.8. The minimum Gasteiger partial charge on any atom is -0.497 e. The molecular weight excluding hydrogens is 346 g/mol. The molecule has 7 heteroatoms. The van der Waals surface area contributed by atoms with Gasteiger partial charge in [-0.25, -0.2) is 0 Å². The van der Waals surface area contributed by atoms with Gasteiger partial charge < -0.3 is 19.9 Å². The topological polar surface area (TPSA) is 79.0 Å². The molecule has 1 saturated heterocycles. The molecular formula is C20H29N3O4. The molecule has 1 aliphatic rings. The Morgan fingerprint density at radius 1 is 1.04 bits per heavy atom. The summed E-state index contributed by atoms with van der Waals surface area (Å²) in [6, 6.07) is 7.67. The lowest BCUT2D eigenvalue weighted by Gasteiger charge is -2.37. The third kappa shape index (κ3) is 5.21. The van der Waals surface area contributed by atoms with Crippen molar-refractivity contribution in [1.82, 2.24) is 15.1 Å². The van der Waals surface area contributed by atoms with Crippen LogP contribution in [0.3, 0.4) is 0 Å². The summed E-state index contributed by atoms with van der Waals surface area (Å²) in [6.07, 6.45) is 0.678. The molecule has 0 radical (unpaired) electrons. The summed E-state index contributed by atoms with van der Waals surface area (Å²) in [5, 5.41) is 2.86. The number of hydrogen-bond donors (Lipinski definition) is 1. The van der Waals surface area contributed by atoms with Crippen molar-refractivity contribution in [2.24, 2.45) is 5.41 Å². The maximum absolute atomic E-state index is 12.8. The van der Waals surface area contributed by atoms with E-state index in [9.17, 15) is 14.4 Å². The first-order valence-electron chi connectivity index (χ1n) is 9.22. The van der Waals surface area contributed by atoms with Crippen molar-refractivity contribution in [3.05, 3.63) is 29.8 Å². The van der Waals surface area contributed by atoms with E-state index in [1.165, 1.54) is 6.92 Å². The number of methoxy groups -OCH3 is 1. The van der Waals surface area contributed by atoms with Crippen LogP contribution in [0, 0.1) is 5.41 Å². The molecule has 0 aromatic heterocycles. The van der Waals surface area contributed by atoms with Gasteiger partial charge in [0.15, 0.2) is 0 Å². The second-order valence-corrected chi connectivity index (χ2v) is 7.28. The van der Waals surface area contributed by atoms with Gasteiger partial charge in [-0.2, -0.15) is 0 Å². The Labute approximate surface area is 160 Å². The molecule has 1 aliphatic heterocycles. The lowest BCUT2D eigenvalue weighted by atomic mass is 9.90. The first-order valence-corrected chi connectivity index (χ1v) is 9.22. The molecule has 1 aromatic rings. The fraction of sp³-hybridized carbons (Fsp3) is 0.550. The molecule has 0 unspecified atom stereocenters. The molecule has 1 fully saturated rings. The van der Waals surface area contributed by atoms with E-state index in [2.05, 4.69) is 5.32 Å². The highest BCUT2D eigenvalue weighted by Gasteiger charge is 2.39. The largest absolute Gasteiger partial charge is 0.497 e. The zero-order chi connectivity index (χ0) is 20.0. The number of rotatable bonds is 6. The van der Waals surface area contributed by atoms with E-state index in [0.29, 0.717) is 39.1 Å². The van der Waals surface area contributed by atoms with Crippen LogP contribution < -0.4 is 10.1 Å². The number of carbonyl (C=O) groups is 3. The molecule has 0 atom stereocenters. The number of piperazine rings is 1. The van der Waals surface area contributed by atoms with Gasteiger partial charge in [0, 0.05) is 39.6 Å². The lowest BCUT2D eigenvalue weighted by Crippen LogP contribution is -2.56. The quantitative estimate of drug-likeness (QED) is 0.755. The highest BCUT2D eigenvalue weighted by Crippen LogP contribution is 2.21. The molecule has 148 valence electrons. The molecule has 3 amide bonds. The van der Waals surface area contributed by atoms with E-state index in [1.807, 2.05) is 24.3 Å². The van der Waals surface area contributed by atoms with E-state index in [4.69, 9.17) is 4.74 Å². The number of carbonyl (C=O) groups excluding carboxylic acids is 3. The third-order valence-electron chi connectivity index (χ3n) is 4.97. The van der Waals surface area contributed by atoms with Crippen LogP contribution in [0.15, 0.2) is 24.3 Å². The lowest BCUT2D eigenvalue weighted by molar-refractivity contribution is -0.151. The third-order valence-corrected chi connectivity index (χ3v) is 4.97. The predicted octanol–water partition coefficient (Wildman–Crippen LogP) is 1.07. The number of nitrogens with zero attached hydrogens (tertiary/aromatic N) is 2. The Kier molecular flexibility index (Phi) is 6.82. The smallest absolute Gasteiger partial charge is 0.237 e. The normalized spacial score (nSPS) is 14.7. The van der Waals surface area contributed by atoms with Crippen molar-refractivity contribution < 1.29 is 19.1 Å². The van der Waals surface area contributed by atoms with Crippen LogP contribution in [-0.4, -0.2) is 67.4 Å². The second kappa shape index (κ2) is 8.88. The van der Waals surface area contributed by atoms with Gasteiger partial charge in [-0.05, 0) is 38.0 Å². The number of amides is 3. The molecule has 0 saturated carbocycles. The fourth-order valence-corrected chi connectivity index (χ4v) is 3.05. The van der Waals surface area contributed by atoms with Gasteiger partial charge in [0.2, 0.25) is 17.7 Å². The van der Waals surface area contributed by atoms with Gasteiger partial charge in [0.05, 0.1) is 7.11 Å². The van der Waals surface area contributed by atoms with E-state index < -0.39 is 5.41 Å². The number of benzene rings is 1. The molecule has 7 nitrogen and oxygen atoms in total. The van der Waals surface area contributed by atoms with Crippen molar-refractivity contribution >= 4 is 17.7 Å². The van der Waals surface area contributed by atoms with Crippen LogP contribution >= 0.6 is 0 Å². The first-order chi connectivity index (χ1) is 12.8. The van der Waals surface area contributed by atoms with Crippen molar-refractivity contribution in [1.29, 1.82) is 0 Å². The standard InChI is InChI=1S/C20H29N3O4/c1-15(24)22-11-13-23(14-12-22)19(26)20(2,3)18(25)21-10-9-16-5-7-17(27-4)8-6-16/h5-8H,9-14H2,1-4H3,(H,21,25). The number of ether oxygens (including phenoxy) is 1. The Balaban J connectivity index is 1.84. The van der Waals surface area contributed by atoms with Crippen LogP contribution in [0.5, 0.6) is 5.75 Å². The molecule has 1 heterocycles. The Morgan fingerprint density at radius 2 is 1.59 bits per heavy atom. The SMILES string of the molecule is COc1ccc(CCNC(=O)C(C)(C)C(=O)N2CCN(C(C)=O)CC2)cc1. The molecule has 0 spiro atoms. The summed E-state index contributed by atoms with van der Waals surface area (Å²) in [6.45, 7) is 7.22. The van der Waals surface area contributed by atoms with Gasteiger partial charge in [0.25, 0.3) is 0 Å². The predicted molar refractivity (Wildman–Crippen MR) is 102 cm³/mol. The Hall–Kier alpha value is -2.57. The number of hydrogen-bond acceptors (Lipinski definition) is 4. The van der Waals surface area contributed by atoms with Gasteiger partial charge >= 0.3 is 0 Å². The molecule has 0 aliphatic carbocycles. The summed E-state index contributed by atoms with van der Waals surface area (Å²) in [4.78, 5) is 40.1. The van der Waals surface area contributed by atoms with Crippen molar-refractivity contribution in [3.8, 4) is 5.75 Å². The van der Waals surface area contributed by atoms with Crippen LogP contribution in [-0.2, 0) is 20.8 Å². The van der Waals surface area contributed by atoms with Crippen molar-refractivity contribution in [2.75, 3.05) is 39.8 Å². The highest BCUT2D eigenvalue weighted by molar-refractivity contribution is 6.04. The van der Waals surface area contributed by atoms with E-state index in [0.717, 1.165) is 11.3 Å². The fourth-order valence-electron chi connectivity index (χ4n) is 3.05. The minimum atomic E-state index is -1.14. The molecule has 1 aromatic carbocycles. The van der Waals surface area contributed by atoms with Crippen molar-refractivity contribution in [2.45, 2.75) is 27.2 Å². The molecule has 0 bridgehead atoms. The summed E-state index contributed by atoms with van der Waals surface area (Å²) in [7, 11) is 1.62. The van der Waals surface area contributed by atoms with E-state index in [-0.39, 0.29) is 17.7 Å². The summed E-state index contributed by atoms with van der Waals surface area (Å²) in [5.41, 5.74) is -0.0567. The van der Waals surface area contributed by atoms with Gasteiger partial charge in [-0.3, -0.25) is 14.4 Å². The highest BCUT2D eigenvalue weighted by atomic mass is 16.5. The molecule has 27 heavy (non-hydrogen) atoms. The molecule has 1 N–H and O–H groups in total. The van der Waals surface area contributed by atoms with Gasteiger partial charge in [-0.1, -0.05) is 12.1 Å². The van der Waals surface area contributed by atoms with E-state index in [1.54, 1.807) is 30.8 Å². The minimum absolute atomic E-state index is 0.0117. The molecule has 2 rings (SSSR count). The van der Waals surface area contributed by atoms with Gasteiger partial charge in [-0.15, -0.1) is 0 Å². The van der Waals surface area contributed by atoms with Crippen LogP contribution in [0.4, 0.5) is 0 Å². The average Bonchev–Trinajstić information content (AvgIpc) is 2.67. The zero-order valence-electron chi connectivity index (χ0n) is 16.6. The van der Waals surface area contributed by atoms with Crippen LogP contribution in [0.1, 0.15) is 26.3 Å². The first kappa shape index (κ1) is 20.7. The van der Waals surface area contributed by atoms with Crippen LogP contribution in [0.2, 0.25) is 0 Å². The zero-order valence-corrected chi connectivity index (χ0v) is 16.6. The van der Waals surface area contributed by atoms with Crippen LogP contribution in [0.25, 0.3) is 0 Å². The Morgan fingerprint density at radius 3 is 2.11 bits per heavy atom. The second-order valence-electron chi connectivity index (χ2n) is 7.28. The monoisotopic (exact) mass is 375 g/mol.